The summed E-state index contributed by atoms with van der Waals surface area (Å²) in [6.07, 6.45) is 3.17. The van der Waals surface area contributed by atoms with Crippen LogP contribution in [-0.4, -0.2) is 46.4 Å². The Labute approximate surface area is 114 Å². The first-order chi connectivity index (χ1) is 8.74. The predicted molar refractivity (Wildman–Crippen MR) is 73.0 cm³/mol. The number of aromatic nitrogens is 2. The molecular weight excluding hydrogens is 250 g/mol. The largest absolute Gasteiger partial charge is 0.378 e. The van der Waals surface area contributed by atoms with Crippen molar-refractivity contribution in [3.8, 4) is 0 Å². The van der Waals surface area contributed by atoms with E-state index in [1.165, 1.54) is 0 Å². The topological polar surface area (TPSA) is 30.3 Å². The SMILES string of the molecule is CCC(C)n1ccc(CN2CCOCC2CCl)n1. The van der Waals surface area contributed by atoms with Crippen LogP contribution in [-0.2, 0) is 11.3 Å². The van der Waals surface area contributed by atoms with Gasteiger partial charge in [-0.3, -0.25) is 9.58 Å². The highest BCUT2D eigenvalue weighted by atomic mass is 35.5. The molecule has 1 fully saturated rings. The van der Waals surface area contributed by atoms with Crippen molar-refractivity contribution in [3.05, 3.63) is 18.0 Å². The molecule has 102 valence electrons. The Hall–Kier alpha value is -0.580. The van der Waals surface area contributed by atoms with Crippen LogP contribution >= 0.6 is 11.6 Å². The molecule has 0 aliphatic carbocycles. The number of hydrogen-bond acceptors (Lipinski definition) is 3. The summed E-state index contributed by atoms with van der Waals surface area (Å²) < 4.78 is 7.50. The average Bonchev–Trinajstić information content (AvgIpc) is 2.87. The highest BCUT2D eigenvalue weighted by Gasteiger charge is 2.22. The Bertz CT molecular complexity index is 369. The molecule has 2 unspecified atom stereocenters. The minimum Gasteiger partial charge on any atom is -0.378 e. The van der Waals surface area contributed by atoms with E-state index >= 15 is 0 Å². The highest BCUT2D eigenvalue weighted by Crippen LogP contribution is 2.14. The van der Waals surface area contributed by atoms with Crippen LogP contribution in [0.15, 0.2) is 12.3 Å². The lowest BCUT2D eigenvalue weighted by Crippen LogP contribution is -2.45. The van der Waals surface area contributed by atoms with Gasteiger partial charge < -0.3 is 4.74 Å². The number of morpholine rings is 1. The van der Waals surface area contributed by atoms with Gasteiger partial charge in [0, 0.05) is 37.3 Å². The molecule has 0 aromatic carbocycles. The standard InChI is InChI=1S/C13H22ClN3O/c1-3-11(2)17-5-4-12(15-17)9-16-6-7-18-10-13(16)8-14/h4-5,11,13H,3,6-10H2,1-2H3. The first-order valence-electron chi connectivity index (χ1n) is 6.66. The third kappa shape index (κ3) is 3.25. The third-order valence-electron chi connectivity index (χ3n) is 3.60. The maximum Gasteiger partial charge on any atom is 0.0765 e. The van der Waals surface area contributed by atoms with Crippen molar-refractivity contribution < 1.29 is 4.74 Å². The van der Waals surface area contributed by atoms with E-state index in [1.54, 1.807) is 0 Å². The molecule has 0 spiro atoms. The van der Waals surface area contributed by atoms with Crippen molar-refractivity contribution in [3.63, 3.8) is 0 Å². The molecule has 5 heteroatoms. The summed E-state index contributed by atoms with van der Waals surface area (Å²) in [4.78, 5) is 2.36. The zero-order valence-electron chi connectivity index (χ0n) is 11.2. The van der Waals surface area contributed by atoms with E-state index in [0.717, 1.165) is 38.4 Å². The normalized spacial score (nSPS) is 23.2. The first kappa shape index (κ1) is 13.8. The summed E-state index contributed by atoms with van der Waals surface area (Å²) in [5, 5.41) is 4.63. The number of halogens is 1. The lowest BCUT2D eigenvalue weighted by Gasteiger charge is -2.33. The van der Waals surface area contributed by atoms with Crippen LogP contribution in [0.5, 0.6) is 0 Å². The Morgan fingerprint density at radius 2 is 2.44 bits per heavy atom. The van der Waals surface area contributed by atoms with Gasteiger partial charge in [-0.1, -0.05) is 6.92 Å². The van der Waals surface area contributed by atoms with Gasteiger partial charge in [0.1, 0.15) is 0 Å². The lowest BCUT2D eigenvalue weighted by atomic mass is 10.2. The van der Waals surface area contributed by atoms with Crippen molar-refractivity contribution in [1.29, 1.82) is 0 Å². The van der Waals surface area contributed by atoms with E-state index in [9.17, 15) is 0 Å². The van der Waals surface area contributed by atoms with Gasteiger partial charge in [-0.15, -0.1) is 11.6 Å². The van der Waals surface area contributed by atoms with Crippen LogP contribution < -0.4 is 0 Å². The maximum absolute atomic E-state index is 5.97. The smallest absolute Gasteiger partial charge is 0.0765 e. The zero-order valence-corrected chi connectivity index (χ0v) is 11.9. The van der Waals surface area contributed by atoms with Gasteiger partial charge in [0.2, 0.25) is 0 Å². The summed E-state index contributed by atoms with van der Waals surface area (Å²) >= 11 is 5.97. The summed E-state index contributed by atoms with van der Waals surface area (Å²) in [5.41, 5.74) is 1.12. The van der Waals surface area contributed by atoms with Crippen molar-refractivity contribution in [2.24, 2.45) is 0 Å². The second-order valence-electron chi connectivity index (χ2n) is 4.90. The molecule has 1 aliphatic rings. The van der Waals surface area contributed by atoms with Gasteiger partial charge >= 0.3 is 0 Å². The fraction of sp³-hybridized carbons (Fsp3) is 0.769. The van der Waals surface area contributed by atoms with E-state index < -0.39 is 0 Å². The van der Waals surface area contributed by atoms with Crippen molar-refractivity contribution in [1.82, 2.24) is 14.7 Å². The minimum absolute atomic E-state index is 0.314. The molecule has 1 aromatic rings. The highest BCUT2D eigenvalue weighted by molar-refractivity contribution is 6.18. The summed E-state index contributed by atoms with van der Waals surface area (Å²) in [7, 11) is 0. The first-order valence-corrected chi connectivity index (χ1v) is 7.19. The second kappa shape index (κ2) is 6.55. The molecule has 2 heterocycles. The van der Waals surface area contributed by atoms with Gasteiger partial charge in [0.05, 0.1) is 18.9 Å². The number of alkyl halides is 1. The fourth-order valence-corrected chi connectivity index (χ4v) is 2.43. The molecule has 0 amide bonds. The Balaban J connectivity index is 1.97. The van der Waals surface area contributed by atoms with Crippen molar-refractivity contribution in [2.75, 3.05) is 25.6 Å². The van der Waals surface area contributed by atoms with Gasteiger partial charge in [-0.05, 0) is 19.4 Å². The molecule has 1 saturated heterocycles. The second-order valence-corrected chi connectivity index (χ2v) is 5.21. The van der Waals surface area contributed by atoms with Gasteiger partial charge in [-0.2, -0.15) is 5.10 Å². The summed E-state index contributed by atoms with van der Waals surface area (Å²) in [6, 6.07) is 2.88. The number of hydrogen-bond donors (Lipinski definition) is 0. The third-order valence-corrected chi connectivity index (χ3v) is 3.95. The minimum atomic E-state index is 0.314. The molecule has 4 nitrogen and oxygen atoms in total. The molecule has 1 aromatic heterocycles. The maximum atomic E-state index is 5.97. The van der Waals surface area contributed by atoms with Crippen LogP contribution in [0, 0.1) is 0 Å². The van der Waals surface area contributed by atoms with Crippen LogP contribution in [0.2, 0.25) is 0 Å². The Kier molecular flexibility index (Phi) is 5.03. The van der Waals surface area contributed by atoms with Crippen LogP contribution in [0.3, 0.4) is 0 Å². The van der Waals surface area contributed by atoms with Crippen LogP contribution in [0.25, 0.3) is 0 Å². The number of rotatable bonds is 5. The van der Waals surface area contributed by atoms with Crippen molar-refractivity contribution in [2.45, 2.75) is 38.9 Å². The molecule has 2 rings (SSSR count). The van der Waals surface area contributed by atoms with E-state index in [2.05, 4.69) is 36.1 Å². The molecule has 0 N–H and O–H groups in total. The van der Waals surface area contributed by atoms with Gasteiger partial charge in [0.25, 0.3) is 0 Å². The van der Waals surface area contributed by atoms with E-state index in [4.69, 9.17) is 16.3 Å². The molecule has 0 radical (unpaired) electrons. The van der Waals surface area contributed by atoms with E-state index in [0.29, 0.717) is 18.0 Å². The predicted octanol–water partition coefficient (Wildman–Crippen LogP) is 2.29. The summed E-state index contributed by atoms with van der Waals surface area (Å²) in [5.74, 6) is 0.617. The fourth-order valence-electron chi connectivity index (χ4n) is 2.14. The number of ether oxygens (including phenoxy) is 1. The van der Waals surface area contributed by atoms with Gasteiger partial charge in [0.15, 0.2) is 0 Å². The molecule has 0 bridgehead atoms. The zero-order chi connectivity index (χ0) is 13.0. The average molecular weight is 272 g/mol. The monoisotopic (exact) mass is 271 g/mol. The quantitative estimate of drug-likeness (QED) is 0.770. The molecule has 18 heavy (non-hydrogen) atoms. The van der Waals surface area contributed by atoms with Gasteiger partial charge in [-0.25, -0.2) is 0 Å². The summed E-state index contributed by atoms with van der Waals surface area (Å²) in [6.45, 7) is 7.69. The Morgan fingerprint density at radius 1 is 1.61 bits per heavy atom. The number of nitrogens with zero attached hydrogens (tertiary/aromatic N) is 3. The molecular formula is C13H22ClN3O. The lowest BCUT2D eigenvalue weighted by molar-refractivity contribution is -0.00367. The Morgan fingerprint density at radius 3 is 3.17 bits per heavy atom. The van der Waals surface area contributed by atoms with E-state index in [-0.39, 0.29) is 0 Å². The van der Waals surface area contributed by atoms with E-state index in [1.807, 2.05) is 4.68 Å². The van der Waals surface area contributed by atoms with Crippen molar-refractivity contribution >= 4 is 11.6 Å². The van der Waals surface area contributed by atoms with Crippen LogP contribution in [0.1, 0.15) is 32.0 Å². The molecule has 0 saturated carbocycles. The van der Waals surface area contributed by atoms with Crippen LogP contribution in [0.4, 0.5) is 0 Å². The molecule has 2 atom stereocenters. The molecule has 1 aliphatic heterocycles.